The van der Waals surface area contributed by atoms with E-state index in [0.717, 1.165) is 6.42 Å². The third kappa shape index (κ3) is 4.68. The van der Waals surface area contributed by atoms with Gasteiger partial charge < -0.3 is 5.32 Å². The molecule has 0 radical (unpaired) electrons. The molecular formula is C27H27NO2. The molecule has 0 saturated heterocycles. The molecule has 3 heteroatoms. The average Bonchev–Trinajstić information content (AvgIpc) is 2.83. The highest BCUT2D eigenvalue weighted by Crippen LogP contribution is 2.37. The van der Waals surface area contributed by atoms with Crippen molar-refractivity contribution in [1.29, 1.82) is 0 Å². The van der Waals surface area contributed by atoms with Gasteiger partial charge in [-0.2, -0.15) is 0 Å². The number of nitrogens with one attached hydrogen (secondary N) is 1. The van der Waals surface area contributed by atoms with Gasteiger partial charge in [0.1, 0.15) is 0 Å². The van der Waals surface area contributed by atoms with Gasteiger partial charge in [-0.3, -0.25) is 9.59 Å². The van der Waals surface area contributed by atoms with E-state index in [4.69, 9.17) is 0 Å². The molecule has 1 aliphatic carbocycles. The number of amides is 1. The molecule has 0 heterocycles. The maximum absolute atomic E-state index is 12.7. The molecule has 0 spiro atoms. The number of ketones is 1. The summed E-state index contributed by atoms with van der Waals surface area (Å²) in [4.78, 5) is 25.2. The molecule has 1 saturated carbocycles. The Balaban J connectivity index is 1.38. The van der Waals surface area contributed by atoms with E-state index in [-0.39, 0.29) is 11.7 Å². The highest BCUT2D eigenvalue weighted by atomic mass is 16.1. The minimum atomic E-state index is -0.0777. The Labute approximate surface area is 178 Å². The van der Waals surface area contributed by atoms with Crippen molar-refractivity contribution in [3.05, 3.63) is 107 Å². The number of hydrogen-bond donors (Lipinski definition) is 1. The quantitative estimate of drug-likeness (QED) is 0.549. The van der Waals surface area contributed by atoms with E-state index in [0.29, 0.717) is 35.1 Å². The van der Waals surface area contributed by atoms with E-state index in [2.05, 4.69) is 35.6 Å². The van der Waals surface area contributed by atoms with Crippen LogP contribution in [0, 0.1) is 5.92 Å². The van der Waals surface area contributed by atoms with Crippen LogP contribution in [0.2, 0.25) is 0 Å². The maximum atomic E-state index is 12.7. The summed E-state index contributed by atoms with van der Waals surface area (Å²) in [6, 6.07) is 26.8. The molecule has 152 valence electrons. The molecule has 2 atom stereocenters. The van der Waals surface area contributed by atoms with Crippen LogP contribution in [0.5, 0.6) is 0 Å². The lowest BCUT2D eigenvalue weighted by Gasteiger charge is -2.32. The molecule has 30 heavy (non-hydrogen) atoms. The van der Waals surface area contributed by atoms with E-state index in [1.54, 1.807) is 36.4 Å². The number of rotatable bonds is 6. The number of benzene rings is 3. The zero-order valence-electron chi connectivity index (χ0n) is 17.1. The van der Waals surface area contributed by atoms with Gasteiger partial charge in [0.05, 0.1) is 0 Å². The first-order chi connectivity index (χ1) is 14.7. The highest BCUT2D eigenvalue weighted by Gasteiger charge is 2.26. The first-order valence-electron chi connectivity index (χ1n) is 10.8. The fourth-order valence-electron chi connectivity index (χ4n) is 4.45. The lowest BCUT2D eigenvalue weighted by Crippen LogP contribution is -2.33. The maximum Gasteiger partial charge on any atom is 0.251 e. The summed E-state index contributed by atoms with van der Waals surface area (Å²) in [6.45, 7) is 0.684. The van der Waals surface area contributed by atoms with E-state index in [1.165, 1.54) is 24.8 Å². The van der Waals surface area contributed by atoms with Gasteiger partial charge in [0.25, 0.3) is 5.91 Å². The third-order valence-corrected chi connectivity index (χ3v) is 6.11. The lowest BCUT2D eigenvalue weighted by molar-refractivity contribution is 0.0939. The minimum absolute atomic E-state index is 0.0320. The molecule has 4 rings (SSSR count). The Morgan fingerprint density at radius 3 is 1.97 bits per heavy atom. The summed E-state index contributed by atoms with van der Waals surface area (Å²) in [6.07, 6.45) is 4.80. The molecule has 0 bridgehead atoms. The summed E-state index contributed by atoms with van der Waals surface area (Å²) in [5.74, 6) is 0.858. The smallest absolute Gasteiger partial charge is 0.251 e. The van der Waals surface area contributed by atoms with Crippen LogP contribution in [0.25, 0.3) is 0 Å². The Hall–Kier alpha value is -3.20. The summed E-state index contributed by atoms with van der Waals surface area (Å²) < 4.78 is 0. The van der Waals surface area contributed by atoms with Crippen LogP contribution >= 0.6 is 0 Å². The molecule has 0 aromatic heterocycles. The second-order valence-electron chi connectivity index (χ2n) is 8.04. The van der Waals surface area contributed by atoms with Crippen molar-refractivity contribution in [3.63, 3.8) is 0 Å². The predicted octanol–water partition coefficient (Wildman–Crippen LogP) is 5.62. The average molecular weight is 398 g/mol. The van der Waals surface area contributed by atoms with E-state index in [9.17, 15) is 9.59 Å². The number of hydrogen-bond acceptors (Lipinski definition) is 2. The molecule has 3 nitrogen and oxygen atoms in total. The molecule has 1 fully saturated rings. The summed E-state index contributed by atoms with van der Waals surface area (Å²) >= 11 is 0. The van der Waals surface area contributed by atoms with Crippen LogP contribution in [0.15, 0.2) is 84.9 Å². The lowest BCUT2D eigenvalue weighted by atomic mass is 9.75. The largest absolute Gasteiger partial charge is 0.352 e. The van der Waals surface area contributed by atoms with E-state index < -0.39 is 0 Å². The molecule has 3 aromatic rings. The fraction of sp³-hybridized carbons (Fsp3) is 0.259. The van der Waals surface area contributed by atoms with Crippen LogP contribution in [0.1, 0.15) is 63.4 Å². The zero-order valence-corrected chi connectivity index (χ0v) is 17.1. The standard InChI is InChI=1S/C27H27NO2/c29-26(21-11-5-2-6-12-21)22-15-17-23(18-16-22)27(30)28-19-24-13-7-8-14-25(24)20-9-3-1-4-10-20/h1-6,9-12,15-18,24-25H,7-8,13-14,19H2,(H,28,30). The highest BCUT2D eigenvalue weighted by molar-refractivity contribution is 6.09. The Morgan fingerprint density at radius 1 is 0.700 bits per heavy atom. The SMILES string of the molecule is O=C(NCC1CCCCC1c1ccccc1)c1ccc(C(=O)c2ccccc2)cc1. The van der Waals surface area contributed by atoms with Gasteiger partial charge in [-0.1, -0.05) is 85.6 Å². The van der Waals surface area contributed by atoms with Gasteiger partial charge in [0, 0.05) is 23.2 Å². The normalized spacial score (nSPS) is 18.5. The van der Waals surface area contributed by atoms with Crippen molar-refractivity contribution in [2.45, 2.75) is 31.6 Å². The van der Waals surface area contributed by atoms with Crippen LogP contribution in [-0.4, -0.2) is 18.2 Å². The molecule has 2 unspecified atom stereocenters. The Kier molecular flexibility index (Phi) is 6.38. The molecule has 1 amide bonds. The monoisotopic (exact) mass is 397 g/mol. The molecule has 3 aromatic carbocycles. The Bertz CT molecular complexity index is 980. The number of carbonyl (C=O) groups is 2. The first kappa shape index (κ1) is 20.1. The molecule has 1 aliphatic rings. The van der Waals surface area contributed by atoms with Gasteiger partial charge in [-0.25, -0.2) is 0 Å². The van der Waals surface area contributed by atoms with Crippen LogP contribution in [0.3, 0.4) is 0 Å². The zero-order chi connectivity index (χ0) is 20.8. The third-order valence-electron chi connectivity index (χ3n) is 6.11. The van der Waals surface area contributed by atoms with Crippen molar-refractivity contribution >= 4 is 11.7 Å². The summed E-state index contributed by atoms with van der Waals surface area (Å²) in [5, 5.41) is 3.12. The van der Waals surface area contributed by atoms with Gasteiger partial charge in [-0.15, -0.1) is 0 Å². The van der Waals surface area contributed by atoms with Gasteiger partial charge in [0.2, 0.25) is 0 Å². The molecule has 0 aliphatic heterocycles. The van der Waals surface area contributed by atoms with Crippen LogP contribution in [-0.2, 0) is 0 Å². The van der Waals surface area contributed by atoms with Gasteiger partial charge in [-0.05, 0) is 42.4 Å². The topological polar surface area (TPSA) is 46.2 Å². The van der Waals surface area contributed by atoms with Crippen molar-refractivity contribution in [2.75, 3.05) is 6.54 Å². The number of carbonyl (C=O) groups excluding carboxylic acids is 2. The van der Waals surface area contributed by atoms with Crippen molar-refractivity contribution < 1.29 is 9.59 Å². The second-order valence-corrected chi connectivity index (χ2v) is 8.04. The second kappa shape index (κ2) is 9.53. The van der Waals surface area contributed by atoms with Crippen LogP contribution in [0.4, 0.5) is 0 Å². The van der Waals surface area contributed by atoms with E-state index in [1.807, 2.05) is 18.2 Å². The van der Waals surface area contributed by atoms with Crippen LogP contribution < -0.4 is 5.32 Å². The minimum Gasteiger partial charge on any atom is -0.352 e. The predicted molar refractivity (Wildman–Crippen MR) is 120 cm³/mol. The summed E-state index contributed by atoms with van der Waals surface area (Å²) in [7, 11) is 0. The molecule has 1 N–H and O–H groups in total. The van der Waals surface area contributed by atoms with Crippen molar-refractivity contribution in [3.8, 4) is 0 Å². The fourth-order valence-corrected chi connectivity index (χ4v) is 4.45. The Morgan fingerprint density at radius 2 is 1.27 bits per heavy atom. The summed E-state index contributed by atoms with van der Waals surface area (Å²) in [5.41, 5.74) is 3.21. The van der Waals surface area contributed by atoms with Crippen molar-refractivity contribution in [2.24, 2.45) is 5.92 Å². The molecular weight excluding hydrogens is 370 g/mol. The van der Waals surface area contributed by atoms with Gasteiger partial charge in [0.15, 0.2) is 5.78 Å². The van der Waals surface area contributed by atoms with Gasteiger partial charge >= 0.3 is 0 Å². The van der Waals surface area contributed by atoms with E-state index >= 15 is 0 Å². The first-order valence-corrected chi connectivity index (χ1v) is 10.8. The van der Waals surface area contributed by atoms with Crippen molar-refractivity contribution in [1.82, 2.24) is 5.32 Å².